The summed E-state index contributed by atoms with van der Waals surface area (Å²) in [5.74, 6) is -1.13. The molecule has 10 nitrogen and oxygen atoms in total. The number of hydrogen-bond donors (Lipinski definition) is 1. The lowest BCUT2D eigenvalue weighted by molar-refractivity contribution is 0.0318. The second-order valence-electron chi connectivity index (χ2n) is 6.13. The standard InChI is InChI=1S/C18H17N5O5S/c1-12(17(24)13-7-9-14(10-8-13)20-29(2,26)27)28-18(25)15-5-3-4-6-16(15)23-11-19-21-22-23/h3-12,20H,1-2H3. The minimum Gasteiger partial charge on any atom is -0.451 e. The summed E-state index contributed by atoms with van der Waals surface area (Å²) in [7, 11) is -3.42. The van der Waals surface area contributed by atoms with Crippen LogP contribution in [0.1, 0.15) is 27.6 Å². The third-order valence-electron chi connectivity index (χ3n) is 3.85. The summed E-state index contributed by atoms with van der Waals surface area (Å²) in [6.45, 7) is 1.46. The Bertz CT molecular complexity index is 1130. The van der Waals surface area contributed by atoms with Crippen molar-refractivity contribution in [1.82, 2.24) is 20.2 Å². The molecule has 1 heterocycles. The fourth-order valence-corrected chi connectivity index (χ4v) is 3.11. The Kier molecular flexibility index (Phi) is 5.69. The lowest BCUT2D eigenvalue weighted by Crippen LogP contribution is -2.25. The number of nitrogens with zero attached hydrogens (tertiary/aromatic N) is 4. The Hall–Kier alpha value is -3.60. The van der Waals surface area contributed by atoms with Gasteiger partial charge in [-0.3, -0.25) is 9.52 Å². The molecule has 0 aliphatic heterocycles. The van der Waals surface area contributed by atoms with E-state index in [0.29, 0.717) is 11.4 Å². The number of rotatable bonds is 7. The summed E-state index contributed by atoms with van der Waals surface area (Å²) in [6, 6.07) is 12.4. The van der Waals surface area contributed by atoms with E-state index in [0.717, 1.165) is 6.26 Å². The van der Waals surface area contributed by atoms with Gasteiger partial charge < -0.3 is 4.74 Å². The monoisotopic (exact) mass is 415 g/mol. The first-order valence-corrected chi connectivity index (χ1v) is 10.3. The zero-order chi connectivity index (χ0) is 21.0. The fourth-order valence-electron chi connectivity index (χ4n) is 2.55. The predicted molar refractivity (Wildman–Crippen MR) is 103 cm³/mol. The number of para-hydroxylation sites is 1. The van der Waals surface area contributed by atoms with Gasteiger partial charge in [0.25, 0.3) is 0 Å². The Balaban J connectivity index is 1.73. The Labute approximate surface area is 166 Å². The first-order valence-electron chi connectivity index (χ1n) is 8.40. The van der Waals surface area contributed by atoms with Crippen LogP contribution in [0.2, 0.25) is 0 Å². The normalized spacial score (nSPS) is 12.2. The van der Waals surface area contributed by atoms with Crippen molar-refractivity contribution in [1.29, 1.82) is 0 Å². The zero-order valence-corrected chi connectivity index (χ0v) is 16.3. The molecule has 11 heteroatoms. The number of nitrogens with one attached hydrogen (secondary N) is 1. The number of ketones is 1. The first kappa shape index (κ1) is 20.1. The fraction of sp³-hybridized carbons (Fsp3) is 0.167. The molecule has 0 amide bonds. The van der Waals surface area contributed by atoms with Crippen LogP contribution in [0.15, 0.2) is 54.9 Å². The van der Waals surface area contributed by atoms with E-state index in [2.05, 4.69) is 20.2 Å². The molecule has 150 valence electrons. The van der Waals surface area contributed by atoms with Crippen molar-refractivity contribution in [2.45, 2.75) is 13.0 Å². The van der Waals surface area contributed by atoms with Crippen molar-refractivity contribution >= 4 is 27.5 Å². The van der Waals surface area contributed by atoms with Crippen molar-refractivity contribution in [2.75, 3.05) is 11.0 Å². The van der Waals surface area contributed by atoms with E-state index in [1.54, 1.807) is 24.3 Å². The number of carbonyl (C=O) groups excluding carboxylic acids is 2. The van der Waals surface area contributed by atoms with Crippen LogP contribution < -0.4 is 4.72 Å². The molecule has 1 atom stereocenters. The summed E-state index contributed by atoms with van der Waals surface area (Å²) < 4.78 is 31.4. The van der Waals surface area contributed by atoms with Crippen molar-refractivity contribution in [3.63, 3.8) is 0 Å². The second kappa shape index (κ2) is 8.19. The molecular weight excluding hydrogens is 398 g/mol. The van der Waals surface area contributed by atoms with Crippen LogP contribution in [0.25, 0.3) is 5.69 Å². The number of esters is 1. The van der Waals surface area contributed by atoms with Gasteiger partial charge in [0.15, 0.2) is 6.10 Å². The zero-order valence-electron chi connectivity index (χ0n) is 15.5. The van der Waals surface area contributed by atoms with Crippen LogP contribution in [0.4, 0.5) is 5.69 Å². The maximum atomic E-state index is 12.6. The first-order chi connectivity index (χ1) is 13.7. The third-order valence-corrected chi connectivity index (χ3v) is 4.45. The van der Waals surface area contributed by atoms with Crippen molar-refractivity contribution in [3.05, 3.63) is 66.0 Å². The van der Waals surface area contributed by atoms with Crippen LogP contribution in [-0.4, -0.2) is 52.7 Å². The second-order valence-corrected chi connectivity index (χ2v) is 7.88. The SMILES string of the molecule is CC(OC(=O)c1ccccc1-n1cnnn1)C(=O)c1ccc(NS(C)(=O)=O)cc1. The molecule has 0 fully saturated rings. The smallest absolute Gasteiger partial charge is 0.341 e. The quantitative estimate of drug-likeness (QED) is 0.453. The number of aromatic nitrogens is 4. The highest BCUT2D eigenvalue weighted by Crippen LogP contribution is 2.17. The minimum atomic E-state index is -3.42. The molecule has 0 radical (unpaired) electrons. The van der Waals surface area contributed by atoms with Gasteiger partial charge in [-0.05, 0) is 53.7 Å². The highest BCUT2D eigenvalue weighted by molar-refractivity contribution is 7.92. The Morgan fingerprint density at radius 2 is 1.79 bits per heavy atom. The van der Waals surface area contributed by atoms with Crippen molar-refractivity contribution < 1.29 is 22.7 Å². The molecule has 29 heavy (non-hydrogen) atoms. The summed E-state index contributed by atoms with van der Waals surface area (Å²) in [6.07, 6.45) is 1.31. The maximum Gasteiger partial charge on any atom is 0.341 e. The van der Waals surface area contributed by atoms with Crippen molar-refractivity contribution in [2.24, 2.45) is 0 Å². The van der Waals surface area contributed by atoms with Gasteiger partial charge in [-0.2, -0.15) is 4.68 Å². The van der Waals surface area contributed by atoms with Gasteiger partial charge in [0, 0.05) is 11.3 Å². The third kappa shape index (κ3) is 5.02. The van der Waals surface area contributed by atoms with Crippen LogP contribution in [0, 0.1) is 0 Å². The average Bonchev–Trinajstić information content (AvgIpc) is 3.21. The van der Waals surface area contributed by atoms with E-state index in [1.165, 1.54) is 42.2 Å². The summed E-state index contributed by atoms with van der Waals surface area (Å²) in [4.78, 5) is 25.2. The number of ether oxygens (including phenoxy) is 1. The molecule has 0 aliphatic rings. The highest BCUT2D eigenvalue weighted by atomic mass is 32.2. The molecule has 2 aromatic carbocycles. The van der Waals surface area contributed by atoms with Gasteiger partial charge in [0.05, 0.1) is 17.5 Å². The van der Waals surface area contributed by atoms with Gasteiger partial charge in [0.1, 0.15) is 6.33 Å². The number of carbonyl (C=O) groups is 2. The average molecular weight is 415 g/mol. The van der Waals surface area contributed by atoms with E-state index < -0.39 is 27.9 Å². The highest BCUT2D eigenvalue weighted by Gasteiger charge is 2.22. The van der Waals surface area contributed by atoms with Gasteiger partial charge in [-0.1, -0.05) is 12.1 Å². The molecule has 1 unspecified atom stereocenters. The molecular formula is C18H17N5O5S. The number of sulfonamides is 1. The molecule has 1 aromatic heterocycles. The van der Waals surface area contributed by atoms with Gasteiger partial charge in [-0.15, -0.1) is 5.10 Å². The summed E-state index contributed by atoms with van der Waals surface area (Å²) in [5, 5.41) is 10.8. The lowest BCUT2D eigenvalue weighted by Gasteiger charge is -2.14. The van der Waals surface area contributed by atoms with Crippen LogP contribution in [-0.2, 0) is 14.8 Å². The Morgan fingerprint density at radius 3 is 2.41 bits per heavy atom. The predicted octanol–water partition coefficient (Wildman–Crippen LogP) is 1.46. The van der Waals surface area contributed by atoms with Crippen molar-refractivity contribution in [3.8, 4) is 5.69 Å². The molecule has 0 aliphatic carbocycles. The summed E-state index contributed by atoms with van der Waals surface area (Å²) in [5.41, 5.74) is 1.22. The molecule has 0 saturated carbocycles. The van der Waals surface area contributed by atoms with E-state index in [9.17, 15) is 18.0 Å². The van der Waals surface area contributed by atoms with E-state index in [1.807, 2.05) is 0 Å². The van der Waals surface area contributed by atoms with Crippen LogP contribution in [0.3, 0.4) is 0 Å². The van der Waals surface area contributed by atoms with Crippen LogP contribution in [0.5, 0.6) is 0 Å². The minimum absolute atomic E-state index is 0.201. The maximum absolute atomic E-state index is 12.6. The summed E-state index contributed by atoms with van der Waals surface area (Å²) >= 11 is 0. The molecule has 0 spiro atoms. The lowest BCUT2D eigenvalue weighted by atomic mass is 10.1. The number of Topliss-reactive ketones (excluding diaryl/α,β-unsaturated/α-hetero) is 1. The molecule has 3 rings (SSSR count). The molecule has 1 N–H and O–H groups in total. The van der Waals surface area contributed by atoms with E-state index in [4.69, 9.17) is 4.74 Å². The van der Waals surface area contributed by atoms with E-state index in [-0.39, 0.29) is 11.1 Å². The van der Waals surface area contributed by atoms with Crippen LogP contribution >= 0.6 is 0 Å². The number of tetrazole rings is 1. The Morgan fingerprint density at radius 1 is 1.10 bits per heavy atom. The number of anilines is 1. The van der Waals surface area contributed by atoms with Gasteiger partial charge >= 0.3 is 5.97 Å². The molecule has 3 aromatic rings. The number of benzene rings is 2. The molecule has 0 bridgehead atoms. The number of hydrogen-bond acceptors (Lipinski definition) is 8. The van der Waals surface area contributed by atoms with Gasteiger partial charge in [0.2, 0.25) is 15.8 Å². The van der Waals surface area contributed by atoms with Gasteiger partial charge in [-0.25, -0.2) is 13.2 Å². The largest absolute Gasteiger partial charge is 0.451 e. The topological polar surface area (TPSA) is 133 Å². The van der Waals surface area contributed by atoms with E-state index >= 15 is 0 Å². The molecule has 0 saturated heterocycles.